The molecule has 0 saturated heterocycles. The Morgan fingerprint density at radius 3 is 0.959 bits per heavy atom. The molecule has 0 spiro atoms. The van der Waals surface area contributed by atoms with Crippen LogP contribution in [-0.4, -0.2) is 49.2 Å². The lowest BCUT2D eigenvalue weighted by Crippen LogP contribution is -2.10. The fourth-order valence-corrected chi connectivity index (χ4v) is 12.5. The molecule has 0 unspecified atom stereocenters. The van der Waals surface area contributed by atoms with Crippen LogP contribution in [0, 0.1) is 23.7 Å². The Bertz CT molecular complexity index is 4220. The van der Waals surface area contributed by atoms with Crippen molar-refractivity contribution in [3.8, 4) is 69.5 Å². The number of fused-ring (bicyclic) bond motifs is 2. The number of aromatic nitrogens is 6. The molecule has 0 fully saturated rings. The minimum absolute atomic E-state index is 0.0503. The van der Waals surface area contributed by atoms with E-state index in [2.05, 4.69) is 176 Å². The van der Waals surface area contributed by atoms with Gasteiger partial charge in [0.25, 0.3) is 0 Å². The summed E-state index contributed by atoms with van der Waals surface area (Å²) in [5.41, 5.74) is 16.2. The van der Waals surface area contributed by atoms with Crippen molar-refractivity contribution in [1.82, 2.24) is 28.7 Å². The van der Waals surface area contributed by atoms with Crippen LogP contribution < -0.4 is 0 Å². The summed E-state index contributed by atoms with van der Waals surface area (Å²) >= 11 is 0. The van der Waals surface area contributed by atoms with E-state index in [0.29, 0.717) is 54.1 Å². The van der Waals surface area contributed by atoms with Crippen LogP contribution in [0.5, 0.6) is 23.3 Å². The molecule has 0 aliphatic rings. The minimum Gasteiger partial charge on any atom is -0.508 e. The van der Waals surface area contributed by atoms with Crippen LogP contribution in [0.3, 0.4) is 0 Å². The number of phenols is 2. The standard InChI is InChI=1S/2C44H53N3O2/c1-5-6-7-8-9-10-11-12-13-14-15-16-17-33-18-20-34(21-19-33)31-40-43(49)47-32-41(36-24-26-37(27-25-36)44(2,3)4)45-39(42(47)46-40)30-35-22-28-38(48)29-23-35;1-5-6-7-8-9-10-11-12-13-14-15-16-17-33-18-20-34(21-19-33)31-40-43(49)47-32-41(36-24-28-38(48)29-25-36)45-39(42(47)46-40)30-35-22-26-37(27-23-35)44(2,3)4/h2*18-29,32,48-49H,5-15,30-31H2,1-4H3. The first-order valence-electron chi connectivity index (χ1n) is 36.5. The molecule has 10 nitrogen and oxygen atoms in total. The number of phenolic OH excluding ortho intramolecular Hbond substituents is 2. The van der Waals surface area contributed by atoms with Crippen molar-refractivity contribution in [3.63, 3.8) is 0 Å². The topological polar surface area (TPSA) is 141 Å². The van der Waals surface area contributed by atoms with Gasteiger partial charge >= 0.3 is 0 Å². The molecular weight excluding hydrogens is 1210 g/mol. The van der Waals surface area contributed by atoms with Gasteiger partial charge in [-0.15, -0.1) is 0 Å². The van der Waals surface area contributed by atoms with Crippen LogP contribution >= 0.6 is 0 Å². The van der Waals surface area contributed by atoms with Crippen LogP contribution in [-0.2, 0) is 36.5 Å². The van der Waals surface area contributed by atoms with E-state index in [-0.39, 0.29) is 34.1 Å². The average molecular weight is 1310 g/mol. The van der Waals surface area contributed by atoms with Gasteiger partial charge in [-0.05, 0) is 118 Å². The highest BCUT2D eigenvalue weighted by Crippen LogP contribution is 2.33. The molecule has 98 heavy (non-hydrogen) atoms. The van der Waals surface area contributed by atoms with Gasteiger partial charge in [0.15, 0.2) is 11.3 Å². The van der Waals surface area contributed by atoms with Gasteiger partial charge < -0.3 is 20.4 Å². The molecule has 10 aromatic rings. The largest absolute Gasteiger partial charge is 0.508 e. The van der Waals surface area contributed by atoms with E-state index in [9.17, 15) is 20.4 Å². The van der Waals surface area contributed by atoms with Crippen molar-refractivity contribution >= 4 is 11.3 Å². The van der Waals surface area contributed by atoms with Crippen molar-refractivity contribution in [2.75, 3.05) is 0 Å². The molecular formula is C88H106N6O4. The van der Waals surface area contributed by atoms with Crippen molar-refractivity contribution in [2.45, 2.75) is 233 Å². The third kappa shape index (κ3) is 21.9. The van der Waals surface area contributed by atoms with E-state index in [1.807, 2.05) is 36.7 Å². The normalized spacial score (nSPS) is 11.5. The fraction of sp³-hybridized carbons (Fsp3) is 0.409. The summed E-state index contributed by atoms with van der Waals surface area (Å²) in [6.45, 7) is 17.8. The highest BCUT2D eigenvalue weighted by atomic mass is 16.3. The summed E-state index contributed by atoms with van der Waals surface area (Å²) < 4.78 is 3.51. The smallest absolute Gasteiger partial charge is 0.219 e. The van der Waals surface area contributed by atoms with Crippen LogP contribution in [0.1, 0.15) is 264 Å². The molecule has 4 heterocycles. The van der Waals surface area contributed by atoms with Gasteiger partial charge in [-0.2, -0.15) is 0 Å². The van der Waals surface area contributed by atoms with Crippen molar-refractivity contribution < 1.29 is 20.4 Å². The van der Waals surface area contributed by atoms with Gasteiger partial charge in [-0.1, -0.05) is 280 Å². The first-order valence-corrected chi connectivity index (χ1v) is 36.5. The number of hydrogen-bond donors (Lipinski definition) is 4. The second-order valence-corrected chi connectivity index (χ2v) is 28.9. The molecule has 4 aromatic heterocycles. The minimum atomic E-state index is 0.0503. The zero-order valence-electron chi connectivity index (χ0n) is 59.9. The molecule has 512 valence electrons. The molecule has 0 saturated carbocycles. The fourth-order valence-electron chi connectivity index (χ4n) is 12.5. The number of hydrogen-bond acceptors (Lipinski definition) is 8. The molecule has 10 rings (SSSR count). The van der Waals surface area contributed by atoms with E-state index in [1.54, 1.807) is 33.1 Å². The Kier molecular flexibility index (Phi) is 27.2. The molecule has 0 amide bonds. The second-order valence-electron chi connectivity index (χ2n) is 28.9. The predicted molar refractivity (Wildman–Crippen MR) is 405 cm³/mol. The first-order chi connectivity index (χ1) is 47.4. The molecule has 0 atom stereocenters. The van der Waals surface area contributed by atoms with Gasteiger partial charge in [0.2, 0.25) is 11.8 Å². The predicted octanol–water partition coefficient (Wildman–Crippen LogP) is 21.9. The molecule has 0 aliphatic carbocycles. The molecule has 0 aliphatic heterocycles. The first kappa shape index (κ1) is 73.1. The maximum absolute atomic E-state index is 11.5. The van der Waals surface area contributed by atoms with E-state index in [4.69, 9.17) is 19.9 Å². The Hall–Kier alpha value is -9.12. The number of benzene rings is 6. The van der Waals surface area contributed by atoms with Crippen molar-refractivity contribution in [1.29, 1.82) is 0 Å². The van der Waals surface area contributed by atoms with E-state index in [1.165, 1.54) is 140 Å². The van der Waals surface area contributed by atoms with E-state index in [0.717, 1.165) is 74.4 Å². The monoisotopic (exact) mass is 1310 g/mol. The zero-order valence-corrected chi connectivity index (χ0v) is 59.9. The average Bonchev–Trinajstić information content (AvgIpc) is 1.61. The molecule has 0 bridgehead atoms. The van der Waals surface area contributed by atoms with E-state index < -0.39 is 0 Å². The summed E-state index contributed by atoms with van der Waals surface area (Å²) in [6.07, 6.45) is 34.4. The highest BCUT2D eigenvalue weighted by molar-refractivity contribution is 5.66. The third-order valence-electron chi connectivity index (χ3n) is 18.6. The maximum Gasteiger partial charge on any atom is 0.219 e. The van der Waals surface area contributed by atoms with Gasteiger partial charge in [0.05, 0.1) is 22.8 Å². The Morgan fingerprint density at radius 1 is 0.327 bits per heavy atom. The Balaban J connectivity index is 0.000000229. The van der Waals surface area contributed by atoms with Gasteiger partial charge in [0, 0.05) is 73.2 Å². The summed E-state index contributed by atoms with van der Waals surface area (Å²) in [4.78, 5) is 19.9. The summed E-state index contributed by atoms with van der Waals surface area (Å²) in [5, 5.41) is 42.5. The lowest BCUT2D eigenvalue weighted by Gasteiger charge is -2.19. The number of aromatic hydroxyl groups is 4. The van der Waals surface area contributed by atoms with Crippen molar-refractivity contribution in [3.05, 3.63) is 225 Å². The zero-order chi connectivity index (χ0) is 69.3. The SMILES string of the molecule is CCCCCCCCCCCCC#Cc1ccc(Cc2nc3c(Cc4ccc(C(C)(C)C)cc4)nc(-c4ccc(O)cc4)cn3c2O)cc1.CCCCCCCCCCCCC#Cc1ccc(Cc2nc3c(Cc4ccc(O)cc4)nc(-c4ccc(C(C)(C)C)cc4)cn3c2O)cc1. The van der Waals surface area contributed by atoms with Crippen LogP contribution in [0.4, 0.5) is 0 Å². The lowest BCUT2D eigenvalue weighted by molar-refractivity contribution is 0.441. The lowest BCUT2D eigenvalue weighted by atomic mass is 9.86. The van der Waals surface area contributed by atoms with Crippen LogP contribution in [0.15, 0.2) is 158 Å². The van der Waals surface area contributed by atoms with Gasteiger partial charge in [0.1, 0.15) is 22.9 Å². The molecule has 4 N–H and O–H groups in total. The van der Waals surface area contributed by atoms with E-state index >= 15 is 0 Å². The Morgan fingerprint density at radius 2 is 0.612 bits per heavy atom. The number of nitrogens with zero attached hydrogens (tertiary/aromatic N) is 6. The number of unbranched alkanes of at least 4 members (excludes halogenated alkanes) is 20. The molecule has 0 radical (unpaired) electrons. The summed E-state index contributed by atoms with van der Waals surface area (Å²) in [7, 11) is 0. The highest BCUT2D eigenvalue weighted by Gasteiger charge is 2.22. The van der Waals surface area contributed by atoms with Gasteiger partial charge in [-0.25, -0.2) is 19.9 Å². The van der Waals surface area contributed by atoms with Crippen molar-refractivity contribution in [2.24, 2.45) is 0 Å². The number of imidazole rings is 2. The third-order valence-corrected chi connectivity index (χ3v) is 18.6. The maximum atomic E-state index is 11.5. The quantitative estimate of drug-likeness (QED) is 0.0258. The molecule has 6 aromatic carbocycles. The summed E-state index contributed by atoms with van der Waals surface area (Å²) in [6, 6.07) is 47.8. The Labute approximate surface area is 585 Å². The second kappa shape index (κ2) is 36.5. The van der Waals surface area contributed by atoms with Gasteiger partial charge in [-0.3, -0.25) is 8.80 Å². The number of rotatable bonds is 30. The molecule has 10 heteroatoms. The van der Waals surface area contributed by atoms with Crippen LogP contribution in [0.2, 0.25) is 0 Å². The summed E-state index contributed by atoms with van der Waals surface area (Å²) in [5.74, 6) is 14.0. The van der Waals surface area contributed by atoms with Crippen LogP contribution in [0.25, 0.3) is 33.8 Å².